The van der Waals surface area contributed by atoms with Crippen LogP contribution in [-0.2, 0) is 20.8 Å². The van der Waals surface area contributed by atoms with Crippen LogP contribution in [0.15, 0.2) is 24.3 Å². The Morgan fingerprint density at radius 2 is 2.00 bits per heavy atom. The summed E-state index contributed by atoms with van der Waals surface area (Å²) in [6, 6.07) is 7.10. The fraction of sp³-hybridized carbons (Fsp3) is 0.640. The summed E-state index contributed by atoms with van der Waals surface area (Å²) < 4.78 is 10.5. The van der Waals surface area contributed by atoms with E-state index in [1.807, 2.05) is 17.0 Å². The fourth-order valence-corrected chi connectivity index (χ4v) is 5.41. The number of nitrogens with zero attached hydrogens (tertiary/aromatic N) is 2. The number of benzene rings is 1. The van der Waals surface area contributed by atoms with Crippen molar-refractivity contribution in [1.29, 1.82) is 0 Å². The van der Waals surface area contributed by atoms with Crippen LogP contribution in [0, 0.1) is 5.92 Å². The number of carbonyl (C=O) groups is 2. The van der Waals surface area contributed by atoms with Gasteiger partial charge in [-0.2, -0.15) is 0 Å². The molecule has 1 spiro atoms. The Hall–Kier alpha value is -2.23. The predicted molar refractivity (Wildman–Crippen MR) is 133 cm³/mol. The van der Waals surface area contributed by atoms with Crippen molar-refractivity contribution in [2.75, 3.05) is 33.4 Å². The molecule has 0 saturated carbocycles. The van der Waals surface area contributed by atoms with E-state index in [9.17, 15) is 9.59 Å². The average Bonchev–Trinajstić information content (AvgIpc) is 3.46. The van der Waals surface area contributed by atoms with Gasteiger partial charge in [-0.3, -0.25) is 10.1 Å². The lowest BCUT2D eigenvalue weighted by molar-refractivity contribution is -0.134. The fourth-order valence-electron chi connectivity index (χ4n) is 5.15. The van der Waals surface area contributed by atoms with E-state index in [4.69, 9.17) is 21.7 Å². The highest BCUT2D eigenvalue weighted by atomic mass is 32.1. The van der Waals surface area contributed by atoms with Gasteiger partial charge in [0.05, 0.1) is 30.5 Å². The Morgan fingerprint density at radius 1 is 1.29 bits per heavy atom. The Bertz CT molecular complexity index is 893. The Kier molecular flexibility index (Phi) is 7.74. The summed E-state index contributed by atoms with van der Waals surface area (Å²) in [5, 5.41) is 7.83. The number of hydrogen-bond acceptors (Lipinski definition) is 6. The van der Waals surface area contributed by atoms with E-state index in [-0.39, 0.29) is 29.9 Å². The number of methoxy groups -OCH3 is 1. The molecule has 0 radical (unpaired) electrons. The number of ether oxygens (including phenoxy) is 2. The molecule has 4 rings (SSSR count). The van der Waals surface area contributed by atoms with E-state index in [0.717, 1.165) is 62.6 Å². The quantitative estimate of drug-likeness (QED) is 0.466. The molecule has 3 saturated heterocycles. The number of piperidine rings is 1. The summed E-state index contributed by atoms with van der Waals surface area (Å²) in [6.07, 6.45) is 4.03. The second kappa shape index (κ2) is 10.6. The smallest absolute Gasteiger partial charge is 0.337 e. The Balaban J connectivity index is 1.42. The lowest BCUT2D eigenvalue weighted by Crippen LogP contribution is -2.60. The van der Waals surface area contributed by atoms with Crippen LogP contribution in [0.2, 0.25) is 0 Å². The van der Waals surface area contributed by atoms with Gasteiger partial charge in [0.2, 0.25) is 5.91 Å². The topological polar surface area (TPSA) is 83.1 Å². The molecule has 1 aromatic carbocycles. The number of nitrogens with one attached hydrogen (secondary N) is 2. The van der Waals surface area contributed by atoms with Crippen molar-refractivity contribution in [3.05, 3.63) is 35.4 Å². The van der Waals surface area contributed by atoms with Gasteiger partial charge in [-0.25, -0.2) is 4.79 Å². The van der Waals surface area contributed by atoms with Crippen LogP contribution in [0.1, 0.15) is 55.5 Å². The number of hydrogen-bond donors (Lipinski definition) is 2. The van der Waals surface area contributed by atoms with Gasteiger partial charge >= 0.3 is 5.97 Å². The number of carbonyl (C=O) groups excluding carboxylic acids is 2. The summed E-state index contributed by atoms with van der Waals surface area (Å²) in [5.41, 5.74) is 1.10. The lowest BCUT2D eigenvalue weighted by Gasteiger charge is -2.45. The van der Waals surface area contributed by atoms with Crippen molar-refractivity contribution in [2.24, 2.45) is 5.92 Å². The third-order valence-corrected chi connectivity index (χ3v) is 7.64. The molecule has 0 aromatic heterocycles. The number of amides is 1. The molecule has 2 N–H and O–H groups in total. The molecule has 9 heteroatoms. The SMILES string of the molecule is COC(=O)c1ccc(CN2C(=O)C(C(C)C)NC23CCN(C(=S)NCC2CCCO2)CC3)cc1. The van der Waals surface area contributed by atoms with Crippen molar-refractivity contribution >= 4 is 29.2 Å². The first-order valence-electron chi connectivity index (χ1n) is 12.2. The molecule has 1 aromatic rings. The van der Waals surface area contributed by atoms with Crippen molar-refractivity contribution < 1.29 is 19.1 Å². The third-order valence-electron chi connectivity index (χ3n) is 7.24. The molecule has 8 nitrogen and oxygen atoms in total. The van der Waals surface area contributed by atoms with Crippen molar-refractivity contribution in [3.8, 4) is 0 Å². The molecule has 2 unspecified atom stereocenters. The first-order valence-corrected chi connectivity index (χ1v) is 12.6. The standard InChI is InChI=1S/C25H36N4O4S/c1-17(2)21-22(30)29(16-18-6-8-19(9-7-18)23(31)32-3)25(27-21)10-12-28(13-11-25)24(34)26-15-20-5-4-14-33-20/h6-9,17,20-21,27H,4-5,10-16H2,1-3H3,(H,26,34). The van der Waals surface area contributed by atoms with Gasteiger partial charge in [0.1, 0.15) is 0 Å². The van der Waals surface area contributed by atoms with Gasteiger partial charge in [-0.05, 0) is 48.7 Å². The van der Waals surface area contributed by atoms with Crippen molar-refractivity contribution in [1.82, 2.24) is 20.4 Å². The molecule has 0 aliphatic carbocycles. The Morgan fingerprint density at radius 3 is 2.59 bits per heavy atom. The summed E-state index contributed by atoms with van der Waals surface area (Å²) in [7, 11) is 1.37. The summed E-state index contributed by atoms with van der Waals surface area (Å²) in [4.78, 5) is 29.4. The van der Waals surface area contributed by atoms with Gasteiger partial charge in [0.15, 0.2) is 5.11 Å². The van der Waals surface area contributed by atoms with Gasteiger partial charge in [-0.15, -0.1) is 0 Å². The van der Waals surface area contributed by atoms with Crippen molar-refractivity contribution in [2.45, 2.75) is 63.9 Å². The summed E-state index contributed by atoms with van der Waals surface area (Å²) in [6.45, 7) is 7.80. The molecule has 3 aliphatic heterocycles. The molecule has 34 heavy (non-hydrogen) atoms. The molecule has 1 amide bonds. The molecule has 0 bridgehead atoms. The maximum Gasteiger partial charge on any atom is 0.337 e. The van der Waals surface area contributed by atoms with Gasteiger partial charge in [0, 0.05) is 45.6 Å². The number of thiocarbonyl (C=S) groups is 1. The molecule has 186 valence electrons. The second-order valence-electron chi connectivity index (χ2n) is 9.82. The van der Waals surface area contributed by atoms with Gasteiger partial charge in [0.25, 0.3) is 0 Å². The van der Waals surface area contributed by atoms with E-state index in [0.29, 0.717) is 12.1 Å². The van der Waals surface area contributed by atoms with E-state index in [1.165, 1.54) is 7.11 Å². The van der Waals surface area contributed by atoms with E-state index >= 15 is 0 Å². The van der Waals surface area contributed by atoms with Gasteiger partial charge < -0.3 is 24.6 Å². The molecule has 3 fully saturated rings. The largest absolute Gasteiger partial charge is 0.465 e. The van der Waals surface area contributed by atoms with Crippen LogP contribution < -0.4 is 10.6 Å². The zero-order valence-corrected chi connectivity index (χ0v) is 21.2. The molecular weight excluding hydrogens is 452 g/mol. The maximum atomic E-state index is 13.4. The van der Waals surface area contributed by atoms with Crippen LogP contribution in [0.3, 0.4) is 0 Å². The molecule has 3 aliphatic rings. The Labute approximate surface area is 207 Å². The van der Waals surface area contributed by atoms with Gasteiger partial charge in [-0.1, -0.05) is 26.0 Å². The highest BCUT2D eigenvalue weighted by Gasteiger charge is 2.52. The minimum Gasteiger partial charge on any atom is -0.465 e. The number of rotatable bonds is 6. The third kappa shape index (κ3) is 5.21. The second-order valence-corrected chi connectivity index (χ2v) is 10.2. The maximum absolute atomic E-state index is 13.4. The van der Waals surface area contributed by atoms with E-state index < -0.39 is 5.66 Å². The normalized spacial score (nSPS) is 24.2. The van der Waals surface area contributed by atoms with Crippen LogP contribution in [0.4, 0.5) is 0 Å². The van der Waals surface area contributed by atoms with Crippen LogP contribution in [0.5, 0.6) is 0 Å². The first-order chi connectivity index (χ1) is 16.3. The molecule has 2 atom stereocenters. The van der Waals surface area contributed by atoms with Crippen LogP contribution in [-0.4, -0.2) is 77.9 Å². The minimum absolute atomic E-state index is 0.138. The van der Waals surface area contributed by atoms with Crippen LogP contribution >= 0.6 is 12.2 Å². The summed E-state index contributed by atoms with van der Waals surface area (Å²) in [5.74, 6) is -0.0268. The van der Waals surface area contributed by atoms with Crippen molar-refractivity contribution in [3.63, 3.8) is 0 Å². The monoisotopic (exact) mass is 488 g/mol. The first kappa shape index (κ1) is 24.9. The highest BCUT2D eigenvalue weighted by Crippen LogP contribution is 2.35. The van der Waals surface area contributed by atoms with Crippen LogP contribution in [0.25, 0.3) is 0 Å². The highest BCUT2D eigenvalue weighted by molar-refractivity contribution is 7.80. The average molecular weight is 489 g/mol. The zero-order chi connectivity index (χ0) is 24.3. The number of esters is 1. The minimum atomic E-state index is -0.395. The number of likely N-dealkylation sites (tertiary alicyclic amines) is 1. The summed E-state index contributed by atoms with van der Waals surface area (Å²) >= 11 is 5.66. The van der Waals surface area contributed by atoms with E-state index in [2.05, 4.69) is 29.4 Å². The van der Waals surface area contributed by atoms with E-state index in [1.54, 1.807) is 12.1 Å². The predicted octanol–water partition coefficient (Wildman–Crippen LogP) is 2.28. The zero-order valence-electron chi connectivity index (χ0n) is 20.3. The molecular formula is C25H36N4O4S. The molecule has 3 heterocycles. The lowest BCUT2D eigenvalue weighted by atomic mass is 9.95.